The summed E-state index contributed by atoms with van der Waals surface area (Å²) in [5, 5.41) is 9.09. The third-order valence-electron chi connectivity index (χ3n) is 4.62. The number of nitrogens with one attached hydrogen (secondary N) is 5. The molecule has 1 aromatic rings. The van der Waals surface area contributed by atoms with Crippen LogP contribution in [-0.4, -0.2) is 73.6 Å². The molecule has 1 aromatic carbocycles. The number of hydrogen-bond donors (Lipinski definition) is 8. The van der Waals surface area contributed by atoms with Crippen molar-refractivity contribution in [2.45, 2.75) is 45.2 Å². The second-order valence-corrected chi connectivity index (χ2v) is 10.1. The zero-order valence-electron chi connectivity index (χ0n) is 22.0. The predicted octanol–water partition coefficient (Wildman–Crippen LogP) is -0.0535. The van der Waals surface area contributed by atoms with Crippen LogP contribution in [0.3, 0.4) is 0 Å². The maximum absolute atomic E-state index is 12.4. The number of hydrogen-bond acceptors (Lipinski definition) is 9. The summed E-state index contributed by atoms with van der Waals surface area (Å²) in [6.45, 7) is 5.48. The molecule has 2 unspecified atom stereocenters. The standard InChI is InChI=1S/C18H26N4O8S2.C4H10N2O/c1-10(2)14(22-16(25)17(19-3)32(27,28)29)15(24)20-8-13(23)21-12-6-4-11(5-7-12)9-30-18(26)31;1-2-3-6-4(5)7/h4-7,10,14,17,19H,8-9H2,1-3H3,(H,20,24)(H,21,23)(H,22,25)(H,26,31)(H,27,28,29);2-3H2,1H3,(H3,5,6,7). The van der Waals surface area contributed by atoms with Crippen molar-refractivity contribution in [3.05, 3.63) is 29.8 Å². The van der Waals surface area contributed by atoms with Crippen LogP contribution in [0.5, 0.6) is 0 Å². The van der Waals surface area contributed by atoms with Gasteiger partial charge in [0.05, 0.1) is 6.54 Å². The van der Waals surface area contributed by atoms with E-state index in [0.29, 0.717) is 17.8 Å². The molecule has 15 nitrogen and oxygen atoms in total. The molecule has 8 N–H and O–H groups in total. The van der Waals surface area contributed by atoms with Gasteiger partial charge < -0.3 is 31.7 Å². The number of ether oxygens (including phenoxy) is 1. The maximum Gasteiger partial charge on any atom is 0.364 e. The van der Waals surface area contributed by atoms with Crippen LogP contribution in [0.2, 0.25) is 0 Å². The van der Waals surface area contributed by atoms with Gasteiger partial charge in [-0.1, -0.05) is 45.5 Å². The van der Waals surface area contributed by atoms with E-state index in [1.807, 2.05) is 6.92 Å². The summed E-state index contributed by atoms with van der Waals surface area (Å²) >= 11 is 3.49. The van der Waals surface area contributed by atoms with Crippen molar-refractivity contribution >= 4 is 57.5 Å². The van der Waals surface area contributed by atoms with Gasteiger partial charge in [0.1, 0.15) is 12.6 Å². The van der Waals surface area contributed by atoms with Crippen molar-refractivity contribution in [1.29, 1.82) is 0 Å². The van der Waals surface area contributed by atoms with Gasteiger partial charge >= 0.3 is 11.3 Å². The Morgan fingerprint density at radius 1 is 1.05 bits per heavy atom. The fourth-order valence-electron chi connectivity index (χ4n) is 2.74. The highest BCUT2D eigenvalue weighted by Gasteiger charge is 2.33. The number of likely N-dealkylation sites (N-methyl/N-ethyl adjacent to an activating group) is 1. The maximum atomic E-state index is 12.4. The van der Waals surface area contributed by atoms with Crippen molar-refractivity contribution in [1.82, 2.24) is 21.3 Å². The van der Waals surface area contributed by atoms with E-state index < -0.39 is 63.1 Å². The average Bonchev–Trinajstić information content (AvgIpc) is 2.83. The monoisotopic (exact) mass is 592 g/mol. The molecule has 0 bridgehead atoms. The predicted molar refractivity (Wildman–Crippen MR) is 146 cm³/mol. The Kier molecular flexibility index (Phi) is 16.4. The molecule has 5 amide bonds. The smallest absolute Gasteiger partial charge is 0.364 e. The van der Waals surface area contributed by atoms with Crippen molar-refractivity contribution < 1.29 is 41.7 Å². The molecule has 0 radical (unpaired) electrons. The fraction of sp³-hybridized carbons (Fsp3) is 0.500. The number of carbonyl (C=O) groups excluding carboxylic acids is 5. The lowest BCUT2D eigenvalue weighted by atomic mass is 10.0. The second kappa shape index (κ2) is 18.0. The Hall–Kier alpha value is -3.41. The second-order valence-electron chi connectivity index (χ2n) is 8.22. The zero-order chi connectivity index (χ0) is 30.2. The molecule has 17 heteroatoms. The Morgan fingerprint density at radius 2 is 1.64 bits per heavy atom. The van der Waals surface area contributed by atoms with E-state index in [-0.39, 0.29) is 6.61 Å². The lowest BCUT2D eigenvalue weighted by Gasteiger charge is -2.23. The fourth-order valence-corrected chi connectivity index (χ4v) is 3.44. The molecule has 0 aliphatic heterocycles. The molecule has 39 heavy (non-hydrogen) atoms. The van der Waals surface area contributed by atoms with Crippen LogP contribution >= 0.6 is 12.6 Å². The van der Waals surface area contributed by atoms with Gasteiger partial charge in [0, 0.05) is 12.2 Å². The number of nitrogens with two attached hydrogens (primary N) is 1. The van der Waals surface area contributed by atoms with E-state index in [2.05, 4.69) is 39.2 Å². The average molecular weight is 593 g/mol. The zero-order valence-corrected chi connectivity index (χ0v) is 23.7. The van der Waals surface area contributed by atoms with Crippen molar-refractivity contribution in [3.63, 3.8) is 0 Å². The van der Waals surface area contributed by atoms with Crippen molar-refractivity contribution in [3.8, 4) is 0 Å². The molecule has 0 saturated carbocycles. The number of primary amides is 1. The number of rotatable bonds is 13. The van der Waals surface area contributed by atoms with Crippen LogP contribution in [0, 0.1) is 5.92 Å². The van der Waals surface area contributed by atoms with Crippen LogP contribution in [0.15, 0.2) is 24.3 Å². The Labute approximate surface area is 232 Å². The summed E-state index contributed by atoms with van der Waals surface area (Å²) in [5.74, 6) is -2.82. The molecule has 0 aliphatic carbocycles. The molecular weight excluding hydrogens is 556 g/mol. The lowest BCUT2D eigenvalue weighted by Crippen LogP contribution is -2.56. The lowest BCUT2D eigenvalue weighted by molar-refractivity contribution is -0.130. The van der Waals surface area contributed by atoms with E-state index in [1.54, 1.807) is 38.1 Å². The third-order valence-corrected chi connectivity index (χ3v) is 5.79. The van der Waals surface area contributed by atoms with Crippen LogP contribution in [-0.2, 0) is 35.8 Å². The molecule has 0 saturated heterocycles. The topological polar surface area (TPSA) is 235 Å². The van der Waals surface area contributed by atoms with E-state index in [9.17, 15) is 32.4 Å². The largest absolute Gasteiger partial charge is 0.453 e. The normalized spacial score (nSPS) is 12.2. The first-order valence-corrected chi connectivity index (χ1v) is 13.6. The van der Waals surface area contributed by atoms with E-state index in [4.69, 9.17) is 15.0 Å². The van der Waals surface area contributed by atoms with E-state index >= 15 is 0 Å². The molecule has 2 atom stereocenters. The highest BCUT2D eigenvalue weighted by Crippen LogP contribution is 2.11. The molecule has 0 aromatic heterocycles. The van der Waals surface area contributed by atoms with Crippen LogP contribution in [0.25, 0.3) is 0 Å². The highest BCUT2D eigenvalue weighted by atomic mass is 32.2. The highest BCUT2D eigenvalue weighted by molar-refractivity contribution is 7.96. The summed E-state index contributed by atoms with van der Waals surface area (Å²) in [6.07, 6.45) is 0.933. The van der Waals surface area contributed by atoms with Gasteiger partial charge in [0.25, 0.3) is 16.0 Å². The van der Waals surface area contributed by atoms with Crippen LogP contribution < -0.4 is 32.3 Å². The summed E-state index contributed by atoms with van der Waals surface area (Å²) in [6, 6.07) is 4.81. The van der Waals surface area contributed by atoms with Gasteiger partial charge in [-0.3, -0.25) is 24.3 Å². The molecule has 0 spiro atoms. The number of urea groups is 1. The van der Waals surface area contributed by atoms with E-state index in [1.165, 1.54) is 0 Å². The minimum Gasteiger partial charge on any atom is -0.453 e. The summed E-state index contributed by atoms with van der Waals surface area (Å²) in [5.41, 5.74) is 5.84. The summed E-state index contributed by atoms with van der Waals surface area (Å²) in [7, 11) is -3.57. The van der Waals surface area contributed by atoms with Gasteiger partial charge in [-0.25, -0.2) is 9.59 Å². The van der Waals surface area contributed by atoms with Gasteiger partial charge in [0.2, 0.25) is 17.2 Å². The molecule has 1 rings (SSSR count). The van der Waals surface area contributed by atoms with Crippen LogP contribution in [0.1, 0.15) is 32.8 Å². The van der Waals surface area contributed by atoms with Gasteiger partial charge in [-0.05, 0) is 37.1 Å². The van der Waals surface area contributed by atoms with Crippen molar-refractivity contribution in [2.24, 2.45) is 11.7 Å². The summed E-state index contributed by atoms with van der Waals surface area (Å²) in [4.78, 5) is 57.2. The molecule has 220 valence electrons. The number of carbonyl (C=O) groups is 5. The van der Waals surface area contributed by atoms with Gasteiger partial charge in [-0.2, -0.15) is 8.42 Å². The number of thiol groups is 1. The van der Waals surface area contributed by atoms with Gasteiger partial charge in [0.15, 0.2) is 0 Å². The minimum absolute atomic E-state index is 0.0287. The summed E-state index contributed by atoms with van der Waals surface area (Å²) < 4.78 is 36.3. The molecular formula is C22H36N6O9S2. The molecule has 0 fully saturated rings. The number of anilines is 1. The van der Waals surface area contributed by atoms with Crippen molar-refractivity contribution in [2.75, 3.05) is 25.5 Å². The number of benzene rings is 1. The first-order chi connectivity index (χ1) is 18.1. The Morgan fingerprint density at radius 3 is 2.05 bits per heavy atom. The molecule has 0 aliphatic rings. The van der Waals surface area contributed by atoms with E-state index in [0.717, 1.165) is 13.5 Å². The number of amides is 5. The third kappa shape index (κ3) is 15.6. The van der Waals surface area contributed by atoms with Crippen LogP contribution in [0.4, 0.5) is 15.3 Å². The SMILES string of the molecule is CCCNC(N)=O.CNC(C(=O)NC(C(=O)NCC(=O)Nc1ccc(COC(=O)S)cc1)C(C)C)S(=O)(=O)O. The first-order valence-electron chi connectivity index (χ1n) is 11.6. The Balaban J connectivity index is 0.00000181. The van der Waals surface area contributed by atoms with Gasteiger partial charge in [-0.15, -0.1) is 0 Å². The Bertz CT molecular complexity index is 1080. The first kappa shape index (κ1) is 35.6. The molecule has 0 heterocycles. The quantitative estimate of drug-likeness (QED) is 0.0863. The minimum atomic E-state index is -4.73.